The van der Waals surface area contributed by atoms with E-state index in [0.717, 1.165) is 39.1 Å². The number of fused-ring (bicyclic) bond motifs is 2. The Balaban J connectivity index is 1.51. The summed E-state index contributed by atoms with van der Waals surface area (Å²) < 4.78 is 0. The Hall–Kier alpha value is -1.70. The van der Waals surface area contributed by atoms with Gasteiger partial charge in [-0.3, -0.25) is 4.90 Å². The standard InChI is InChI=1S/C31H42N4S3/c1-3-5-7-9-11-17-23-36-30-32-29(33-31(34-30)37-24-18-12-10-8-6-4-2)35-25-19-13-15-21-27(25)38-28-22-16-14-20-26(28)35/h13-16,19-22H,3-12,17-18,23-24H2,1-2H3. The molecule has 0 N–H and O–H groups in total. The molecular weight excluding hydrogens is 525 g/mol. The quantitative estimate of drug-likeness (QED) is 0.0930. The molecule has 1 aliphatic rings. The van der Waals surface area contributed by atoms with Crippen LogP contribution >= 0.6 is 35.3 Å². The van der Waals surface area contributed by atoms with Crippen LogP contribution in [0.3, 0.4) is 0 Å². The van der Waals surface area contributed by atoms with E-state index in [0.29, 0.717) is 0 Å². The van der Waals surface area contributed by atoms with Gasteiger partial charge in [0.25, 0.3) is 0 Å². The van der Waals surface area contributed by atoms with Gasteiger partial charge in [0.2, 0.25) is 5.95 Å². The van der Waals surface area contributed by atoms with Gasteiger partial charge in [-0.05, 0) is 37.1 Å². The van der Waals surface area contributed by atoms with Crippen LogP contribution in [0.2, 0.25) is 0 Å². The topological polar surface area (TPSA) is 41.9 Å². The molecule has 3 aromatic rings. The second-order valence-corrected chi connectivity index (χ2v) is 13.0. The zero-order valence-electron chi connectivity index (χ0n) is 23.0. The molecule has 0 unspecified atom stereocenters. The van der Waals surface area contributed by atoms with Crippen molar-refractivity contribution >= 4 is 52.6 Å². The summed E-state index contributed by atoms with van der Waals surface area (Å²) >= 11 is 5.38. The molecule has 4 rings (SSSR count). The first-order chi connectivity index (χ1) is 18.8. The molecule has 1 aromatic heterocycles. The van der Waals surface area contributed by atoms with Gasteiger partial charge in [0, 0.05) is 21.3 Å². The van der Waals surface area contributed by atoms with Gasteiger partial charge in [-0.25, -0.2) is 0 Å². The summed E-state index contributed by atoms with van der Waals surface area (Å²) in [5, 5.41) is 1.70. The van der Waals surface area contributed by atoms with Gasteiger partial charge >= 0.3 is 0 Å². The van der Waals surface area contributed by atoms with Gasteiger partial charge < -0.3 is 0 Å². The van der Waals surface area contributed by atoms with Crippen LogP contribution < -0.4 is 4.90 Å². The van der Waals surface area contributed by atoms with E-state index in [-0.39, 0.29) is 0 Å². The van der Waals surface area contributed by atoms with Gasteiger partial charge in [-0.2, -0.15) is 15.0 Å². The Morgan fingerprint density at radius 2 is 1.03 bits per heavy atom. The monoisotopic (exact) mass is 566 g/mol. The molecule has 0 saturated heterocycles. The van der Waals surface area contributed by atoms with Crippen molar-refractivity contribution in [1.29, 1.82) is 0 Å². The summed E-state index contributed by atoms with van der Waals surface area (Å²) in [6.45, 7) is 4.54. The molecule has 2 aromatic carbocycles. The zero-order chi connectivity index (χ0) is 26.4. The van der Waals surface area contributed by atoms with Crippen LogP contribution in [0, 0.1) is 0 Å². The van der Waals surface area contributed by atoms with Crippen molar-refractivity contribution in [3.8, 4) is 0 Å². The number of rotatable bonds is 17. The minimum absolute atomic E-state index is 0.732. The van der Waals surface area contributed by atoms with Crippen molar-refractivity contribution in [3.63, 3.8) is 0 Å². The maximum absolute atomic E-state index is 5.02. The average molecular weight is 567 g/mol. The normalized spacial score (nSPS) is 12.4. The van der Waals surface area contributed by atoms with E-state index < -0.39 is 0 Å². The number of hydrogen-bond acceptors (Lipinski definition) is 7. The minimum atomic E-state index is 0.732. The van der Waals surface area contributed by atoms with Gasteiger partial charge in [0.05, 0.1) is 11.4 Å². The molecule has 204 valence electrons. The smallest absolute Gasteiger partial charge is 0.239 e. The maximum atomic E-state index is 5.02. The average Bonchev–Trinajstić information content (AvgIpc) is 2.95. The Morgan fingerprint density at radius 3 is 1.53 bits per heavy atom. The van der Waals surface area contributed by atoms with E-state index in [1.807, 2.05) is 11.8 Å². The first kappa shape index (κ1) is 29.3. The number of para-hydroxylation sites is 2. The molecule has 0 fully saturated rings. The lowest BCUT2D eigenvalue weighted by atomic mass is 10.1. The van der Waals surface area contributed by atoms with E-state index in [9.17, 15) is 0 Å². The van der Waals surface area contributed by atoms with Crippen molar-refractivity contribution in [2.75, 3.05) is 16.4 Å². The van der Waals surface area contributed by atoms with Crippen LogP contribution in [0.15, 0.2) is 68.6 Å². The highest BCUT2D eigenvalue weighted by Crippen LogP contribution is 2.50. The molecule has 0 aliphatic carbocycles. The molecule has 0 amide bonds. The lowest BCUT2D eigenvalue weighted by molar-refractivity contribution is 0.626. The third kappa shape index (κ3) is 8.65. The van der Waals surface area contributed by atoms with Crippen molar-refractivity contribution < 1.29 is 0 Å². The van der Waals surface area contributed by atoms with E-state index in [1.165, 1.54) is 86.8 Å². The molecule has 1 aliphatic heterocycles. The van der Waals surface area contributed by atoms with Crippen LogP contribution in [-0.2, 0) is 0 Å². The zero-order valence-corrected chi connectivity index (χ0v) is 25.5. The summed E-state index contributed by atoms with van der Waals surface area (Å²) in [6, 6.07) is 17.1. The number of anilines is 3. The molecule has 2 heterocycles. The lowest BCUT2D eigenvalue weighted by Gasteiger charge is -2.31. The molecule has 0 spiro atoms. The van der Waals surface area contributed by atoms with Gasteiger partial charge in [0.1, 0.15) is 0 Å². The molecular formula is C31H42N4S3. The fourth-order valence-corrected chi connectivity index (χ4v) is 7.34. The van der Waals surface area contributed by atoms with Crippen molar-refractivity contribution in [2.45, 2.75) is 111 Å². The van der Waals surface area contributed by atoms with Gasteiger partial charge in [0.15, 0.2) is 10.3 Å². The van der Waals surface area contributed by atoms with Crippen molar-refractivity contribution in [2.24, 2.45) is 0 Å². The molecule has 38 heavy (non-hydrogen) atoms. The van der Waals surface area contributed by atoms with Crippen molar-refractivity contribution in [3.05, 3.63) is 48.5 Å². The van der Waals surface area contributed by atoms with Crippen LogP contribution in [0.4, 0.5) is 17.3 Å². The highest BCUT2D eigenvalue weighted by Gasteiger charge is 2.27. The maximum Gasteiger partial charge on any atom is 0.239 e. The number of hydrogen-bond donors (Lipinski definition) is 0. The van der Waals surface area contributed by atoms with E-state index in [1.54, 1.807) is 23.5 Å². The van der Waals surface area contributed by atoms with Crippen LogP contribution in [0.25, 0.3) is 0 Å². The Morgan fingerprint density at radius 1 is 0.579 bits per heavy atom. The van der Waals surface area contributed by atoms with Crippen molar-refractivity contribution in [1.82, 2.24) is 15.0 Å². The Labute approximate surface area is 242 Å². The molecule has 0 saturated carbocycles. The predicted octanol–water partition coefficient (Wildman–Crippen LogP) is 10.7. The summed E-state index contributed by atoms with van der Waals surface area (Å²) in [5.41, 5.74) is 2.28. The molecule has 0 radical (unpaired) electrons. The number of thioether (sulfide) groups is 2. The summed E-state index contributed by atoms with van der Waals surface area (Å²) in [6.07, 6.45) is 15.6. The van der Waals surface area contributed by atoms with Gasteiger partial charge in [-0.1, -0.05) is 138 Å². The fraction of sp³-hybridized carbons (Fsp3) is 0.516. The number of unbranched alkanes of at least 4 members (excludes halogenated alkanes) is 10. The summed E-state index contributed by atoms with van der Waals surface area (Å²) in [5.74, 6) is 2.84. The third-order valence-corrected chi connectivity index (χ3v) is 9.67. The lowest BCUT2D eigenvalue weighted by Crippen LogP contribution is -2.18. The second kappa shape index (κ2) is 16.4. The van der Waals surface area contributed by atoms with Gasteiger partial charge in [-0.15, -0.1) is 0 Å². The second-order valence-electron chi connectivity index (χ2n) is 9.81. The number of benzene rings is 2. The molecule has 0 atom stereocenters. The predicted molar refractivity (Wildman–Crippen MR) is 167 cm³/mol. The summed E-state index contributed by atoms with van der Waals surface area (Å²) in [4.78, 5) is 19.6. The Bertz CT molecular complexity index is 1040. The number of nitrogens with zero attached hydrogens (tertiary/aromatic N) is 4. The van der Waals surface area contributed by atoms with E-state index >= 15 is 0 Å². The first-order valence-corrected chi connectivity index (χ1v) is 17.3. The van der Waals surface area contributed by atoms with Crippen LogP contribution in [-0.4, -0.2) is 26.5 Å². The molecule has 7 heteroatoms. The first-order valence-electron chi connectivity index (χ1n) is 14.5. The van der Waals surface area contributed by atoms with Crippen LogP contribution in [0.1, 0.15) is 90.9 Å². The third-order valence-electron chi connectivity index (χ3n) is 6.67. The molecule has 4 nitrogen and oxygen atoms in total. The van der Waals surface area contributed by atoms with Crippen LogP contribution in [0.5, 0.6) is 0 Å². The highest BCUT2D eigenvalue weighted by atomic mass is 32.2. The Kier molecular flexibility index (Phi) is 12.7. The fourth-order valence-electron chi connectivity index (χ4n) is 4.57. The SMILES string of the molecule is CCCCCCCCSc1nc(SCCCCCCCC)nc(N2c3ccccc3Sc3ccccc32)n1. The molecule has 0 bridgehead atoms. The van der Waals surface area contributed by atoms with E-state index in [4.69, 9.17) is 15.0 Å². The minimum Gasteiger partial charge on any atom is -0.277 e. The largest absolute Gasteiger partial charge is 0.277 e. The number of aromatic nitrogens is 3. The van der Waals surface area contributed by atoms with E-state index in [2.05, 4.69) is 67.3 Å². The highest BCUT2D eigenvalue weighted by molar-refractivity contribution is 8.00. The summed E-state index contributed by atoms with van der Waals surface area (Å²) in [7, 11) is 0.